The lowest BCUT2D eigenvalue weighted by Crippen LogP contribution is -2.49. The summed E-state index contributed by atoms with van der Waals surface area (Å²) >= 11 is 2.08. The first-order valence-corrected chi connectivity index (χ1v) is 9.06. The van der Waals surface area contributed by atoms with Crippen molar-refractivity contribution < 1.29 is 4.74 Å². The lowest BCUT2D eigenvalue weighted by Gasteiger charge is -2.42. The van der Waals surface area contributed by atoms with Crippen molar-refractivity contribution in [3.05, 3.63) is 0 Å². The Bertz CT molecular complexity index is 288. The van der Waals surface area contributed by atoms with Crippen LogP contribution in [-0.2, 0) is 4.74 Å². The summed E-state index contributed by atoms with van der Waals surface area (Å²) in [6.07, 6.45) is 6.52. The molecular weight excluding hydrogens is 256 g/mol. The summed E-state index contributed by atoms with van der Waals surface area (Å²) in [4.78, 5) is 2.63. The van der Waals surface area contributed by atoms with Gasteiger partial charge in [0.25, 0.3) is 0 Å². The molecule has 110 valence electrons. The summed E-state index contributed by atoms with van der Waals surface area (Å²) < 4.78 is 6.14. The van der Waals surface area contributed by atoms with E-state index >= 15 is 0 Å². The molecule has 3 heterocycles. The molecule has 4 heteroatoms. The standard InChI is InChI=1S/C15H28N2OS/c1-17(11-13-3-2-6-16-10-13)14-4-7-18-15(9-14)5-8-19-12-15/h13-14,16H,2-12H2,1H3. The van der Waals surface area contributed by atoms with E-state index in [1.807, 2.05) is 0 Å². The van der Waals surface area contributed by atoms with Gasteiger partial charge in [0.05, 0.1) is 5.60 Å². The molecule has 3 rings (SSSR count). The van der Waals surface area contributed by atoms with Crippen LogP contribution in [0.3, 0.4) is 0 Å². The molecule has 0 aromatic rings. The van der Waals surface area contributed by atoms with Crippen LogP contribution in [0.25, 0.3) is 0 Å². The monoisotopic (exact) mass is 284 g/mol. The molecule has 0 aliphatic carbocycles. The molecule has 1 spiro atoms. The second kappa shape index (κ2) is 6.33. The van der Waals surface area contributed by atoms with E-state index in [-0.39, 0.29) is 5.60 Å². The molecule has 3 aliphatic heterocycles. The summed E-state index contributed by atoms with van der Waals surface area (Å²) in [6.45, 7) is 4.67. The van der Waals surface area contributed by atoms with E-state index < -0.39 is 0 Å². The number of hydrogen-bond donors (Lipinski definition) is 1. The topological polar surface area (TPSA) is 24.5 Å². The molecular formula is C15H28N2OS. The highest BCUT2D eigenvalue weighted by Gasteiger charge is 2.41. The normalized spacial score (nSPS) is 40.1. The van der Waals surface area contributed by atoms with Gasteiger partial charge in [-0.2, -0.15) is 11.8 Å². The Hall–Kier alpha value is 0.230. The number of rotatable bonds is 3. The minimum absolute atomic E-state index is 0.229. The van der Waals surface area contributed by atoms with Gasteiger partial charge >= 0.3 is 0 Å². The Labute approximate surface area is 121 Å². The molecule has 0 aromatic carbocycles. The van der Waals surface area contributed by atoms with Crippen LogP contribution >= 0.6 is 11.8 Å². The maximum Gasteiger partial charge on any atom is 0.0795 e. The minimum atomic E-state index is 0.229. The first-order chi connectivity index (χ1) is 9.27. The van der Waals surface area contributed by atoms with Gasteiger partial charge in [-0.3, -0.25) is 0 Å². The summed E-state index contributed by atoms with van der Waals surface area (Å²) in [5.41, 5.74) is 0.229. The highest BCUT2D eigenvalue weighted by atomic mass is 32.2. The van der Waals surface area contributed by atoms with Crippen LogP contribution < -0.4 is 5.32 Å². The number of nitrogens with zero attached hydrogens (tertiary/aromatic N) is 1. The van der Waals surface area contributed by atoms with Gasteiger partial charge in [-0.05, 0) is 63.9 Å². The third kappa shape index (κ3) is 3.46. The Kier molecular flexibility index (Phi) is 4.73. The van der Waals surface area contributed by atoms with Crippen LogP contribution in [0.15, 0.2) is 0 Å². The smallest absolute Gasteiger partial charge is 0.0795 e. The predicted octanol–water partition coefficient (Wildman–Crippen LogP) is 1.97. The average molecular weight is 284 g/mol. The molecule has 3 saturated heterocycles. The first-order valence-electron chi connectivity index (χ1n) is 7.90. The maximum absolute atomic E-state index is 6.14. The summed E-state index contributed by atoms with van der Waals surface area (Å²) in [7, 11) is 2.33. The van der Waals surface area contributed by atoms with E-state index in [4.69, 9.17) is 4.74 Å². The molecule has 3 nitrogen and oxygen atoms in total. The fourth-order valence-electron chi connectivity index (χ4n) is 3.88. The SMILES string of the molecule is CN(CC1CCCNC1)C1CCOC2(CCSC2)C1. The van der Waals surface area contributed by atoms with Crippen LogP contribution in [0.5, 0.6) is 0 Å². The van der Waals surface area contributed by atoms with Crippen LogP contribution in [0.4, 0.5) is 0 Å². The Morgan fingerprint density at radius 2 is 2.37 bits per heavy atom. The molecule has 0 saturated carbocycles. The number of ether oxygens (including phenoxy) is 1. The van der Waals surface area contributed by atoms with Gasteiger partial charge in [0.15, 0.2) is 0 Å². The molecule has 19 heavy (non-hydrogen) atoms. The number of nitrogens with one attached hydrogen (secondary N) is 1. The van der Waals surface area contributed by atoms with E-state index in [1.54, 1.807) is 0 Å². The average Bonchev–Trinajstić information content (AvgIpc) is 2.88. The zero-order chi connectivity index (χ0) is 13.1. The largest absolute Gasteiger partial charge is 0.374 e. The molecule has 0 radical (unpaired) electrons. The molecule has 0 bridgehead atoms. The van der Waals surface area contributed by atoms with Crippen molar-refractivity contribution in [3.63, 3.8) is 0 Å². The first kappa shape index (κ1) is 14.2. The third-order valence-electron chi connectivity index (χ3n) is 5.10. The molecule has 3 unspecified atom stereocenters. The van der Waals surface area contributed by atoms with Crippen LogP contribution in [0.1, 0.15) is 32.1 Å². The fraction of sp³-hybridized carbons (Fsp3) is 1.00. The predicted molar refractivity (Wildman–Crippen MR) is 81.9 cm³/mol. The fourth-order valence-corrected chi connectivity index (χ4v) is 5.26. The van der Waals surface area contributed by atoms with E-state index in [0.29, 0.717) is 0 Å². The number of piperidine rings is 1. The Morgan fingerprint density at radius 3 is 3.11 bits per heavy atom. The van der Waals surface area contributed by atoms with Gasteiger partial charge in [0, 0.05) is 24.9 Å². The number of thioether (sulfide) groups is 1. The van der Waals surface area contributed by atoms with E-state index in [1.165, 1.54) is 63.2 Å². The molecule has 0 amide bonds. The molecule has 1 N–H and O–H groups in total. The second-order valence-corrected chi connectivity index (χ2v) is 7.74. The van der Waals surface area contributed by atoms with Crippen molar-refractivity contribution in [1.29, 1.82) is 0 Å². The van der Waals surface area contributed by atoms with Crippen molar-refractivity contribution >= 4 is 11.8 Å². The van der Waals surface area contributed by atoms with E-state index in [2.05, 4.69) is 29.0 Å². The quantitative estimate of drug-likeness (QED) is 0.856. The highest BCUT2D eigenvalue weighted by Crippen LogP contribution is 2.39. The molecule has 3 fully saturated rings. The van der Waals surface area contributed by atoms with Gasteiger partial charge < -0.3 is 15.0 Å². The highest BCUT2D eigenvalue weighted by molar-refractivity contribution is 7.99. The van der Waals surface area contributed by atoms with Crippen LogP contribution in [-0.4, -0.2) is 61.3 Å². The van der Waals surface area contributed by atoms with Crippen molar-refractivity contribution in [2.45, 2.75) is 43.7 Å². The van der Waals surface area contributed by atoms with Crippen LogP contribution in [0, 0.1) is 5.92 Å². The zero-order valence-corrected chi connectivity index (χ0v) is 13.0. The number of hydrogen-bond acceptors (Lipinski definition) is 4. The van der Waals surface area contributed by atoms with Crippen molar-refractivity contribution in [1.82, 2.24) is 10.2 Å². The van der Waals surface area contributed by atoms with E-state index in [0.717, 1.165) is 18.6 Å². The second-order valence-electron chi connectivity index (χ2n) is 6.63. The summed E-state index contributed by atoms with van der Waals surface area (Å²) in [5, 5.41) is 3.54. The maximum atomic E-state index is 6.14. The van der Waals surface area contributed by atoms with Gasteiger partial charge in [0.2, 0.25) is 0 Å². The minimum Gasteiger partial charge on any atom is -0.374 e. The van der Waals surface area contributed by atoms with Gasteiger partial charge in [-0.15, -0.1) is 0 Å². The molecule has 3 aliphatic rings. The molecule has 3 atom stereocenters. The van der Waals surface area contributed by atoms with Gasteiger partial charge in [0.1, 0.15) is 0 Å². The third-order valence-corrected chi connectivity index (χ3v) is 6.33. The Morgan fingerprint density at radius 1 is 1.42 bits per heavy atom. The van der Waals surface area contributed by atoms with Crippen LogP contribution in [0.2, 0.25) is 0 Å². The van der Waals surface area contributed by atoms with E-state index in [9.17, 15) is 0 Å². The van der Waals surface area contributed by atoms with Crippen molar-refractivity contribution in [2.75, 3.05) is 44.8 Å². The van der Waals surface area contributed by atoms with Gasteiger partial charge in [-0.1, -0.05) is 0 Å². The molecule has 0 aromatic heterocycles. The Balaban J connectivity index is 1.52. The lowest BCUT2D eigenvalue weighted by atomic mass is 9.88. The lowest BCUT2D eigenvalue weighted by molar-refractivity contribution is -0.0879. The van der Waals surface area contributed by atoms with Crippen molar-refractivity contribution in [2.24, 2.45) is 5.92 Å². The zero-order valence-electron chi connectivity index (χ0n) is 12.2. The summed E-state index contributed by atoms with van der Waals surface area (Å²) in [6, 6.07) is 0.745. The van der Waals surface area contributed by atoms with Crippen molar-refractivity contribution in [3.8, 4) is 0 Å². The van der Waals surface area contributed by atoms with Gasteiger partial charge in [-0.25, -0.2) is 0 Å². The summed E-state index contributed by atoms with van der Waals surface area (Å²) in [5.74, 6) is 3.38.